The SMILES string of the molecule is CCOC(=O)CN(CC(=O)OCC)C(=O)C=CCNc1cc2c(Nc3cccc(Br)c3)c(C#N)cnc2cc1OC. The van der Waals surface area contributed by atoms with Crippen molar-refractivity contribution in [3.63, 3.8) is 0 Å². The molecule has 0 atom stereocenters. The maximum absolute atomic E-state index is 12.8. The highest BCUT2D eigenvalue weighted by molar-refractivity contribution is 9.10. The molecule has 0 spiro atoms. The van der Waals surface area contributed by atoms with Crippen molar-refractivity contribution in [3.05, 3.63) is 64.8 Å². The van der Waals surface area contributed by atoms with Crippen LogP contribution in [-0.2, 0) is 23.9 Å². The first-order chi connectivity index (χ1) is 19.8. The smallest absolute Gasteiger partial charge is 0.325 e. The lowest BCUT2D eigenvalue weighted by atomic mass is 10.1. The van der Waals surface area contributed by atoms with Crippen molar-refractivity contribution < 1.29 is 28.6 Å². The number of ether oxygens (including phenoxy) is 3. The summed E-state index contributed by atoms with van der Waals surface area (Å²) in [7, 11) is 1.53. The van der Waals surface area contributed by atoms with Crippen LogP contribution in [0.15, 0.2) is 59.2 Å². The lowest BCUT2D eigenvalue weighted by Gasteiger charge is -2.19. The fraction of sp³-hybridized carbons (Fsp3) is 0.276. The Labute approximate surface area is 246 Å². The number of amides is 1. The first-order valence-electron chi connectivity index (χ1n) is 12.7. The third-order valence-electron chi connectivity index (χ3n) is 5.64. The fourth-order valence-corrected chi connectivity index (χ4v) is 4.23. The van der Waals surface area contributed by atoms with Gasteiger partial charge >= 0.3 is 11.9 Å². The Bertz CT molecular complexity index is 1470. The number of methoxy groups -OCH3 is 1. The molecule has 0 unspecified atom stereocenters. The second-order valence-electron chi connectivity index (χ2n) is 8.45. The van der Waals surface area contributed by atoms with Gasteiger partial charge in [-0.15, -0.1) is 0 Å². The monoisotopic (exact) mass is 623 g/mol. The van der Waals surface area contributed by atoms with Gasteiger partial charge in [-0.1, -0.05) is 28.1 Å². The number of aromatic nitrogens is 1. The lowest BCUT2D eigenvalue weighted by molar-refractivity contribution is -0.152. The summed E-state index contributed by atoms with van der Waals surface area (Å²) in [4.78, 5) is 42.1. The average Bonchev–Trinajstić information content (AvgIpc) is 2.95. The standard InChI is InChI=1S/C29H30BrN5O6/c1-4-40-27(37)17-35(18-28(38)41-5-2)26(36)10-7-11-32-24-13-22-23(14-25(24)39-3)33-16-19(15-31)29(22)34-21-9-6-8-20(30)12-21/h6-10,12-14,16,32H,4-5,11,17-18H2,1-3H3,(H,33,34). The van der Waals surface area contributed by atoms with Crippen molar-refractivity contribution in [1.82, 2.24) is 9.88 Å². The molecule has 2 aromatic carbocycles. The molecule has 41 heavy (non-hydrogen) atoms. The largest absolute Gasteiger partial charge is 0.495 e. The molecule has 12 heteroatoms. The number of nitrogens with one attached hydrogen (secondary N) is 2. The van der Waals surface area contributed by atoms with E-state index in [1.165, 1.54) is 19.4 Å². The molecular formula is C29H30BrN5O6. The van der Waals surface area contributed by atoms with Crippen LogP contribution in [0, 0.1) is 11.3 Å². The summed E-state index contributed by atoms with van der Waals surface area (Å²) < 4.78 is 16.2. The van der Waals surface area contributed by atoms with Gasteiger partial charge in [-0.2, -0.15) is 5.26 Å². The molecule has 1 aromatic heterocycles. The molecule has 0 bridgehead atoms. The zero-order valence-electron chi connectivity index (χ0n) is 22.9. The maximum Gasteiger partial charge on any atom is 0.325 e. The molecule has 0 fully saturated rings. The van der Waals surface area contributed by atoms with Crippen LogP contribution in [0.25, 0.3) is 10.9 Å². The van der Waals surface area contributed by atoms with Gasteiger partial charge in [0.15, 0.2) is 0 Å². The molecule has 0 saturated heterocycles. The molecule has 2 N–H and O–H groups in total. The highest BCUT2D eigenvalue weighted by Gasteiger charge is 2.20. The van der Waals surface area contributed by atoms with Gasteiger partial charge in [-0.25, -0.2) is 0 Å². The number of hydrogen-bond donors (Lipinski definition) is 2. The predicted molar refractivity (Wildman–Crippen MR) is 158 cm³/mol. The molecular weight excluding hydrogens is 594 g/mol. The first kappa shape index (κ1) is 30.9. The van der Waals surface area contributed by atoms with Crippen molar-refractivity contribution in [2.24, 2.45) is 0 Å². The van der Waals surface area contributed by atoms with Crippen molar-refractivity contribution in [3.8, 4) is 11.8 Å². The van der Waals surface area contributed by atoms with E-state index in [1.807, 2.05) is 30.3 Å². The first-order valence-corrected chi connectivity index (χ1v) is 13.5. The number of nitriles is 1. The number of nitrogens with zero attached hydrogens (tertiary/aromatic N) is 3. The van der Waals surface area contributed by atoms with E-state index in [4.69, 9.17) is 14.2 Å². The highest BCUT2D eigenvalue weighted by atomic mass is 79.9. The number of anilines is 3. The minimum Gasteiger partial charge on any atom is -0.495 e. The van der Waals surface area contributed by atoms with Gasteiger partial charge in [0, 0.05) is 40.4 Å². The van der Waals surface area contributed by atoms with Crippen molar-refractivity contribution >= 4 is 61.7 Å². The molecule has 0 aliphatic carbocycles. The van der Waals surface area contributed by atoms with E-state index < -0.39 is 17.8 Å². The van der Waals surface area contributed by atoms with Crippen LogP contribution in [-0.4, -0.2) is 67.7 Å². The van der Waals surface area contributed by atoms with Gasteiger partial charge in [0.25, 0.3) is 0 Å². The Morgan fingerprint density at radius 3 is 2.41 bits per heavy atom. The number of fused-ring (bicyclic) bond motifs is 1. The third kappa shape index (κ3) is 8.68. The van der Waals surface area contributed by atoms with Gasteiger partial charge in [-0.05, 0) is 38.1 Å². The highest BCUT2D eigenvalue weighted by Crippen LogP contribution is 2.36. The number of rotatable bonds is 13. The average molecular weight is 624 g/mol. The molecule has 1 heterocycles. The topological polar surface area (TPSA) is 143 Å². The van der Waals surface area contributed by atoms with Gasteiger partial charge in [0.2, 0.25) is 5.91 Å². The third-order valence-corrected chi connectivity index (χ3v) is 6.13. The number of carbonyl (C=O) groups excluding carboxylic acids is 3. The van der Waals surface area contributed by atoms with Crippen LogP contribution < -0.4 is 15.4 Å². The number of esters is 2. The summed E-state index contributed by atoms with van der Waals surface area (Å²) in [6, 6.07) is 13.3. The predicted octanol–water partition coefficient (Wildman–Crippen LogP) is 4.54. The zero-order chi connectivity index (χ0) is 29.8. The van der Waals surface area contributed by atoms with Gasteiger partial charge in [0.05, 0.1) is 42.8 Å². The molecule has 0 saturated carbocycles. The Kier molecular flexibility index (Phi) is 11.5. The summed E-state index contributed by atoms with van der Waals surface area (Å²) >= 11 is 3.46. The van der Waals surface area contributed by atoms with Gasteiger partial charge < -0.3 is 29.7 Å². The van der Waals surface area contributed by atoms with E-state index in [9.17, 15) is 19.6 Å². The maximum atomic E-state index is 12.8. The normalized spacial score (nSPS) is 10.6. The van der Waals surface area contributed by atoms with Crippen molar-refractivity contribution in [2.45, 2.75) is 13.8 Å². The minimum absolute atomic E-state index is 0.152. The molecule has 214 valence electrons. The van der Waals surface area contributed by atoms with E-state index in [2.05, 4.69) is 37.6 Å². The quantitative estimate of drug-likeness (QED) is 0.206. The van der Waals surface area contributed by atoms with Crippen molar-refractivity contribution in [1.29, 1.82) is 5.26 Å². The van der Waals surface area contributed by atoms with E-state index >= 15 is 0 Å². The molecule has 3 rings (SSSR count). The molecule has 11 nitrogen and oxygen atoms in total. The second-order valence-corrected chi connectivity index (χ2v) is 9.37. The summed E-state index contributed by atoms with van der Waals surface area (Å²) in [6.07, 6.45) is 4.32. The summed E-state index contributed by atoms with van der Waals surface area (Å²) in [6.45, 7) is 3.05. The van der Waals surface area contributed by atoms with E-state index in [0.717, 1.165) is 15.1 Å². The summed E-state index contributed by atoms with van der Waals surface area (Å²) in [5.41, 5.74) is 2.94. The van der Waals surface area contributed by atoms with Crippen LogP contribution in [0.5, 0.6) is 5.75 Å². The van der Waals surface area contributed by atoms with E-state index in [-0.39, 0.29) is 32.8 Å². The Morgan fingerprint density at radius 2 is 1.80 bits per heavy atom. The fourth-order valence-electron chi connectivity index (χ4n) is 3.83. The number of carbonyl (C=O) groups is 3. The van der Waals surface area contributed by atoms with E-state index in [1.54, 1.807) is 26.0 Å². The Morgan fingerprint density at radius 1 is 1.10 bits per heavy atom. The van der Waals surface area contributed by atoms with Crippen LogP contribution in [0.2, 0.25) is 0 Å². The molecule has 1 amide bonds. The molecule has 3 aromatic rings. The lowest BCUT2D eigenvalue weighted by Crippen LogP contribution is -2.39. The second kappa shape index (κ2) is 15.2. The zero-order valence-corrected chi connectivity index (χ0v) is 24.5. The molecule has 0 radical (unpaired) electrons. The number of hydrogen-bond acceptors (Lipinski definition) is 10. The number of halogens is 1. The minimum atomic E-state index is -0.629. The van der Waals surface area contributed by atoms with Crippen LogP contribution in [0.1, 0.15) is 19.4 Å². The van der Waals surface area contributed by atoms with Gasteiger partial charge in [-0.3, -0.25) is 19.4 Å². The Hall–Kier alpha value is -4.63. The Balaban J connectivity index is 1.82. The molecule has 0 aliphatic heterocycles. The molecule has 0 aliphatic rings. The number of pyridine rings is 1. The van der Waals surface area contributed by atoms with E-state index in [0.29, 0.717) is 33.6 Å². The number of benzene rings is 2. The van der Waals surface area contributed by atoms with Gasteiger partial charge in [0.1, 0.15) is 24.9 Å². The summed E-state index contributed by atoms with van der Waals surface area (Å²) in [5, 5.41) is 16.9. The summed E-state index contributed by atoms with van der Waals surface area (Å²) in [5.74, 6) is -1.30. The van der Waals surface area contributed by atoms with Crippen molar-refractivity contribution in [2.75, 3.05) is 50.6 Å². The van der Waals surface area contributed by atoms with Crippen LogP contribution in [0.3, 0.4) is 0 Å². The van der Waals surface area contributed by atoms with Crippen LogP contribution >= 0.6 is 15.9 Å². The van der Waals surface area contributed by atoms with Crippen LogP contribution in [0.4, 0.5) is 17.1 Å².